The van der Waals surface area contributed by atoms with E-state index in [-0.39, 0.29) is 11.7 Å². The summed E-state index contributed by atoms with van der Waals surface area (Å²) in [6, 6.07) is 9.81. The zero-order valence-corrected chi connectivity index (χ0v) is 12.3. The Morgan fingerprint density at radius 2 is 1.65 bits per heavy atom. The van der Waals surface area contributed by atoms with Crippen LogP contribution >= 0.6 is 0 Å². The maximum absolute atomic E-state index is 12.3. The summed E-state index contributed by atoms with van der Waals surface area (Å²) >= 11 is 0. The molecular formula is C17H23NO2. The minimum absolute atomic E-state index is 0.0521. The molecule has 1 saturated heterocycles. The van der Waals surface area contributed by atoms with Crippen LogP contribution in [-0.4, -0.2) is 28.7 Å². The van der Waals surface area contributed by atoms with E-state index in [0.717, 1.165) is 12.8 Å². The first-order valence-corrected chi connectivity index (χ1v) is 7.49. The SMILES string of the molecule is CC1CCCC(C)N1C(=O)CCC(=O)c1ccccc1. The molecule has 0 N–H and O–H groups in total. The summed E-state index contributed by atoms with van der Waals surface area (Å²) in [6.07, 6.45) is 3.96. The van der Waals surface area contributed by atoms with Gasteiger partial charge in [-0.25, -0.2) is 0 Å². The Morgan fingerprint density at radius 3 is 2.25 bits per heavy atom. The molecule has 0 spiro atoms. The number of nitrogens with zero attached hydrogens (tertiary/aromatic N) is 1. The molecule has 1 aliphatic heterocycles. The second kappa shape index (κ2) is 6.69. The average Bonchev–Trinajstić information content (AvgIpc) is 2.45. The smallest absolute Gasteiger partial charge is 0.223 e. The van der Waals surface area contributed by atoms with E-state index in [2.05, 4.69) is 13.8 Å². The summed E-state index contributed by atoms with van der Waals surface area (Å²) in [4.78, 5) is 26.3. The van der Waals surface area contributed by atoms with Crippen LogP contribution in [0, 0.1) is 0 Å². The van der Waals surface area contributed by atoms with Crippen molar-refractivity contribution < 1.29 is 9.59 Å². The van der Waals surface area contributed by atoms with E-state index in [1.807, 2.05) is 23.1 Å². The Kier molecular flexibility index (Phi) is 4.94. The van der Waals surface area contributed by atoms with Crippen molar-refractivity contribution >= 4 is 11.7 Å². The fraction of sp³-hybridized carbons (Fsp3) is 0.529. The van der Waals surface area contributed by atoms with Gasteiger partial charge in [0, 0.05) is 30.5 Å². The van der Waals surface area contributed by atoms with Crippen LogP contribution in [0.1, 0.15) is 56.3 Å². The molecule has 1 fully saturated rings. The Bertz CT molecular complexity index is 459. The molecule has 0 saturated carbocycles. The van der Waals surface area contributed by atoms with Crippen LogP contribution in [0.5, 0.6) is 0 Å². The summed E-state index contributed by atoms with van der Waals surface area (Å²) in [5, 5.41) is 0. The number of hydrogen-bond donors (Lipinski definition) is 0. The fourth-order valence-electron chi connectivity index (χ4n) is 3.03. The van der Waals surface area contributed by atoms with Crippen molar-refractivity contribution in [3.8, 4) is 0 Å². The first kappa shape index (κ1) is 14.8. The van der Waals surface area contributed by atoms with Crippen LogP contribution in [-0.2, 0) is 4.79 Å². The van der Waals surface area contributed by atoms with Gasteiger partial charge in [0.2, 0.25) is 5.91 Å². The molecule has 3 heteroatoms. The molecule has 108 valence electrons. The van der Waals surface area contributed by atoms with Crippen LogP contribution in [0.4, 0.5) is 0 Å². The molecule has 1 amide bonds. The van der Waals surface area contributed by atoms with Crippen molar-refractivity contribution in [2.75, 3.05) is 0 Å². The lowest BCUT2D eigenvalue weighted by atomic mass is 9.96. The predicted octanol–water partition coefficient (Wildman–Crippen LogP) is 3.44. The van der Waals surface area contributed by atoms with Gasteiger partial charge in [0.15, 0.2) is 5.78 Å². The third-order valence-electron chi connectivity index (χ3n) is 4.14. The number of amides is 1. The second-order valence-corrected chi connectivity index (χ2v) is 5.72. The van der Waals surface area contributed by atoms with E-state index in [4.69, 9.17) is 0 Å². The highest BCUT2D eigenvalue weighted by Gasteiger charge is 2.28. The highest BCUT2D eigenvalue weighted by molar-refractivity contribution is 5.97. The number of likely N-dealkylation sites (tertiary alicyclic amines) is 1. The third kappa shape index (κ3) is 3.47. The summed E-state index contributed by atoms with van der Waals surface area (Å²) in [6.45, 7) is 4.21. The van der Waals surface area contributed by atoms with Gasteiger partial charge in [-0.2, -0.15) is 0 Å². The van der Waals surface area contributed by atoms with Crippen LogP contribution < -0.4 is 0 Å². The molecule has 1 heterocycles. The molecule has 3 nitrogen and oxygen atoms in total. The van der Waals surface area contributed by atoms with Gasteiger partial charge in [0.1, 0.15) is 0 Å². The third-order valence-corrected chi connectivity index (χ3v) is 4.14. The topological polar surface area (TPSA) is 37.4 Å². The van der Waals surface area contributed by atoms with Crippen molar-refractivity contribution in [2.45, 2.75) is 58.0 Å². The largest absolute Gasteiger partial charge is 0.337 e. The number of carbonyl (C=O) groups excluding carboxylic acids is 2. The molecule has 20 heavy (non-hydrogen) atoms. The quantitative estimate of drug-likeness (QED) is 0.788. The molecule has 1 aromatic carbocycles. The fourth-order valence-corrected chi connectivity index (χ4v) is 3.03. The Balaban J connectivity index is 1.90. The summed E-state index contributed by atoms with van der Waals surface area (Å²) in [5.41, 5.74) is 0.694. The molecule has 0 aromatic heterocycles. The minimum atomic E-state index is 0.0521. The predicted molar refractivity (Wildman–Crippen MR) is 79.6 cm³/mol. The molecule has 1 aromatic rings. The van der Waals surface area contributed by atoms with E-state index < -0.39 is 0 Å². The number of ketones is 1. The van der Waals surface area contributed by atoms with Gasteiger partial charge < -0.3 is 4.90 Å². The molecule has 0 radical (unpaired) electrons. The van der Waals surface area contributed by atoms with Crippen LogP contribution in [0.25, 0.3) is 0 Å². The zero-order chi connectivity index (χ0) is 14.5. The van der Waals surface area contributed by atoms with Gasteiger partial charge in [-0.1, -0.05) is 30.3 Å². The van der Waals surface area contributed by atoms with Crippen molar-refractivity contribution in [2.24, 2.45) is 0 Å². The molecule has 0 bridgehead atoms. The standard InChI is InChI=1S/C17H23NO2/c1-13-7-6-8-14(2)18(13)17(20)12-11-16(19)15-9-4-3-5-10-15/h3-5,9-10,13-14H,6-8,11-12H2,1-2H3. The summed E-state index contributed by atoms with van der Waals surface area (Å²) in [5.74, 6) is 0.172. The van der Waals surface area contributed by atoms with E-state index in [9.17, 15) is 9.59 Å². The van der Waals surface area contributed by atoms with Gasteiger partial charge in [0.25, 0.3) is 0 Å². The van der Waals surface area contributed by atoms with Gasteiger partial charge >= 0.3 is 0 Å². The van der Waals surface area contributed by atoms with E-state index in [0.29, 0.717) is 30.5 Å². The molecule has 2 unspecified atom stereocenters. The van der Waals surface area contributed by atoms with Gasteiger partial charge in [-0.05, 0) is 33.1 Å². The maximum Gasteiger partial charge on any atom is 0.223 e. The number of carbonyl (C=O) groups is 2. The van der Waals surface area contributed by atoms with Crippen molar-refractivity contribution in [3.05, 3.63) is 35.9 Å². The van der Waals surface area contributed by atoms with Crippen LogP contribution in [0.2, 0.25) is 0 Å². The van der Waals surface area contributed by atoms with E-state index >= 15 is 0 Å². The average molecular weight is 273 g/mol. The van der Waals surface area contributed by atoms with Crippen LogP contribution in [0.15, 0.2) is 30.3 Å². The highest BCUT2D eigenvalue weighted by Crippen LogP contribution is 2.23. The van der Waals surface area contributed by atoms with Gasteiger partial charge in [-0.3, -0.25) is 9.59 Å². The van der Waals surface area contributed by atoms with Crippen molar-refractivity contribution in [1.82, 2.24) is 4.90 Å². The lowest BCUT2D eigenvalue weighted by molar-refractivity contribution is -0.137. The number of benzene rings is 1. The second-order valence-electron chi connectivity index (χ2n) is 5.72. The van der Waals surface area contributed by atoms with E-state index in [1.54, 1.807) is 12.1 Å². The Labute approximate surface area is 121 Å². The molecule has 2 atom stereocenters. The summed E-state index contributed by atoms with van der Waals surface area (Å²) in [7, 11) is 0. The van der Waals surface area contributed by atoms with Crippen LogP contribution in [0.3, 0.4) is 0 Å². The summed E-state index contributed by atoms with van der Waals surface area (Å²) < 4.78 is 0. The lowest BCUT2D eigenvalue weighted by Gasteiger charge is -2.39. The Hall–Kier alpha value is -1.64. The van der Waals surface area contributed by atoms with Crippen molar-refractivity contribution in [1.29, 1.82) is 0 Å². The van der Waals surface area contributed by atoms with Gasteiger partial charge in [-0.15, -0.1) is 0 Å². The number of piperidine rings is 1. The first-order chi connectivity index (χ1) is 9.59. The number of Topliss-reactive ketones (excluding diaryl/α,β-unsaturated/α-hetero) is 1. The lowest BCUT2D eigenvalue weighted by Crippen LogP contribution is -2.47. The molecule has 0 aliphatic carbocycles. The molecular weight excluding hydrogens is 250 g/mol. The molecule has 1 aliphatic rings. The molecule has 2 rings (SSSR count). The maximum atomic E-state index is 12.3. The van der Waals surface area contributed by atoms with Crippen molar-refractivity contribution in [3.63, 3.8) is 0 Å². The number of hydrogen-bond acceptors (Lipinski definition) is 2. The zero-order valence-electron chi connectivity index (χ0n) is 12.3. The number of rotatable bonds is 4. The monoisotopic (exact) mass is 273 g/mol. The minimum Gasteiger partial charge on any atom is -0.337 e. The Morgan fingerprint density at radius 1 is 1.05 bits per heavy atom. The highest BCUT2D eigenvalue weighted by atomic mass is 16.2. The normalized spacial score (nSPS) is 22.6. The van der Waals surface area contributed by atoms with E-state index in [1.165, 1.54) is 6.42 Å². The van der Waals surface area contributed by atoms with Gasteiger partial charge in [0.05, 0.1) is 0 Å². The first-order valence-electron chi connectivity index (χ1n) is 7.49.